The third-order valence-electron chi connectivity index (χ3n) is 3.83. The lowest BCUT2D eigenvalue weighted by Crippen LogP contribution is -2.03. The summed E-state index contributed by atoms with van der Waals surface area (Å²) >= 11 is 0. The molecule has 1 aliphatic rings. The standard InChI is InChI=1S/C19H15N3O/c20-11-14(12-21)13-22-16-6-8-17(9-7-16)23-19-10-5-15-3-1-2-4-18(15)19/h1-4,6-9,13,19,22H,5,10H2. The Morgan fingerprint density at radius 3 is 2.57 bits per heavy atom. The van der Waals surface area contributed by atoms with Crippen molar-refractivity contribution >= 4 is 5.69 Å². The molecule has 1 atom stereocenters. The molecule has 3 rings (SSSR count). The van der Waals surface area contributed by atoms with Gasteiger partial charge in [0.2, 0.25) is 0 Å². The second-order valence-electron chi connectivity index (χ2n) is 5.29. The topological polar surface area (TPSA) is 68.8 Å². The van der Waals surface area contributed by atoms with Gasteiger partial charge in [-0.1, -0.05) is 24.3 Å². The smallest absolute Gasteiger partial charge is 0.145 e. The summed E-state index contributed by atoms with van der Waals surface area (Å²) in [6, 6.07) is 19.5. The van der Waals surface area contributed by atoms with Crippen molar-refractivity contribution in [3.05, 3.63) is 71.4 Å². The van der Waals surface area contributed by atoms with Gasteiger partial charge in [0, 0.05) is 11.9 Å². The van der Waals surface area contributed by atoms with Crippen molar-refractivity contribution in [2.45, 2.75) is 18.9 Å². The zero-order chi connectivity index (χ0) is 16.1. The Morgan fingerprint density at radius 1 is 1.09 bits per heavy atom. The first-order chi connectivity index (χ1) is 11.3. The molecule has 4 heteroatoms. The fraction of sp³-hybridized carbons (Fsp3) is 0.158. The molecule has 112 valence electrons. The lowest BCUT2D eigenvalue weighted by atomic mass is 10.1. The highest BCUT2D eigenvalue weighted by Gasteiger charge is 2.23. The summed E-state index contributed by atoms with van der Waals surface area (Å²) in [6.45, 7) is 0. The van der Waals surface area contributed by atoms with E-state index in [2.05, 4.69) is 23.5 Å². The number of nitrogens with zero attached hydrogens (tertiary/aromatic N) is 2. The van der Waals surface area contributed by atoms with Crippen molar-refractivity contribution in [3.63, 3.8) is 0 Å². The Bertz CT molecular complexity index is 794. The summed E-state index contributed by atoms with van der Waals surface area (Å²) in [6.07, 6.45) is 3.54. The average Bonchev–Trinajstić information content (AvgIpc) is 3.00. The molecule has 0 bridgehead atoms. The maximum Gasteiger partial charge on any atom is 0.145 e. The van der Waals surface area contributed by atoms with Gasteiger partial charge >= 0.3 is 0 Å². The quantitative estimate of drug-likeness (QED) is 0.863. The van der Waals surface area contributed by atoms with Gasteiger partial charge in [-0.05, 0) is 48.2 Å². The SMILES string of the molecule is N#CC(C#N)=CNc1ccc(OC2CCc3ccccc32)cc1. The molecule has 0 amide bonds. The molecule has 0 fully saturated rings. The monoisotopic (exact) mass is 301 g/mol. The van der Waals surface area contributed by atoms with Gasteiger partial charge in [0.15, 0.2) is 0 Å². The molecule has 0 aliphatic heterocycles. The van der Waals surface area contributed by atoms with Gasteiger partial charge in [-0.15, -0.1) is 0 Å². The van der Waals surface area contributed by atoms with Crippen molar-refractivity contribution in [2.75, 3.05) is 5.32 Å². The summed E-state index contributed by atoms with van der Waals surface area (Å²) < 4.78 is 6.08. The Kier molecular flexibility index (Phi) is 4.27. The normalized spacial score (nSPS) is 15.0. The number of fused-ring (bicyclic) bond motifs is 1. The van der Waals surface area contributed by atoms with Crippen molar-refractivity contribution in [1.82, 2.24) is 0 Å². The Balaban J connectivity index is 1.66. The van der Waals surface area contributed by atoms with Gasteiger partial charge in [0.1, 0.15) is 29.6 Å². The van der Waals surface area contributed by atoms with Crippen LogP contribution in [0.15, 0.2) is 60.3 Å². The van der Waals surface area contributed by atoms with Gasteiger partial charge in [-0.2, -0.15) is 10.5 Å². The average molecular weight is 301 g/mol. The van der Waals surface area contributed by atoms with E-state index in [4.69, 9.17) is 15.3 Å². The number of aryl methyl sites for hydroxylation is 1. The van der Waals surface area contributed by atoms with Crippen LogP contribution >= 0.6 is 0 Å². The van der Waals surface area contributed by atoms with Crippen molar-refractivity contribution in [3.8, 4) is 17.9 Å². The summed E-state index contributed by atoms with van der Waals surface area (Å²) in [5, 5.41) is 20.3. The summed E-state index contributed by atoms with van der Waals surface area (Å²) in [5.74, 6) is 0.807. The fourth-order valence-corrected chi connectivity index (χ4v) is 2.68. The second kappa shape index (κ2) is 6.68. The molecule has 0 saturated heterocycles. The zero-order valence-electron chi connectivity index (χ0n) is 12.5. The summed E-state index contributed by atoms with van der Waals surface area (Å²) in [4.78, 5) is 0. The molecule has 0 heterocycles. The molecule has 1 unspecified atom stereocenters. The van der Waals surface area contributed by atoms with Crippen LogP contribution in [0.5, 0.6) is 5.75 Å². The van der Waals surface area contributed by atoms with Gasteiger partial charge in [0.25, 0.3) is 0 Å². The maximum absolute atomic E-state index is 8.69. The minimum atomic E-state index is 0.0351. The van der Waals surface area contributed by atoms with E-state index in [-0.39, 0.29) is 11.7 Å². The number of benzene rings is 2. The molecular weight excluding hydrogens is 286 g/mol. The summed E-state index contributed by atoms with van der Waals surface area (Å²) in [5.41, 5.74) is 3.46. The molecule has 23 heavy (non-hydrogen) atoms. The van der Waals surface area contributed by atoms with Crippen LogP contribution in [0.3, 0.4) is 0 Å². The first-order valence-electron chi connectivity index (χ1n) is 7.41. The van der Waals surface area contributed by atoms with Gasteiger partial charge < -0.3 is 10.1 Å². The minimum Gasteiger partial charge on any atom is -0.486 e. The Labute approximate surface area is 135 Å². The van der Waals surface area contributed by atoms with Crippen molar-refractivity contribution in [1.29, 1.82) is 10.5 Å². The van der Waals surface area contributed by atoms with Crippen LogP contribution in [0, 0.1) is 22.7 Å². The van der Waals surface area contributed by atoms with Crippen LogP contribution in [0.4, 0.5) is 5.69 Å². The van der Waals surface area contributed by atoms with Crippen LogP contribution in [0.1, 0.15) is 23.7 Å². The first kappa shape index (κ1) is 14.7. The molecule has 0 radical (unpaired) electrons. The van der Waals surface area contributed by atoms with E-state index >= 15 is 0 Å². The van der Waals surface area contributed by atoms with E-state index in [1.807, 2.05) is 30.3 Å². The third-order valence-corrected chi connectivity index (χ3v) is 3.83. The second-order valence-corrected chi connectivity index (χ2v) is 5.29. The van der Waals surface area contributed by atoms with E-state index in [9.17, 15) is 0 Å². The Morgan fingerprint density at radius 2 is 1.83 bits per heavy atom. The van der Waals surface area contributed by atoms with E-state index < -0.39 is 0 Å². The van der Waals surface area contributed by atoms with Crippen molar-refractivity contribution < 1.29 is 4.74 Å². The molecule has 1 N–H and O–H groups in total. The van der Waals surface area contributed by atoms with Crippen LogP contribution in [-0.2, 0) is 6.42 Å². The van der Waals surface area contributed by atoms with Crippen LogP contribution in [0.25, 0.3) is 0 Å². The lowest BCUT2D eigenvalue weighted by molar-refractivity contribution is 0.207. The minimum absolute atomic E-state index is 0.0351. The number of hydrogen-bond acceptors (Lipinski definition) is 4. The molecular formula is C19H15N3O. The fourth-order valence-electron chi connectivity index (χ4n) is 2.68. The maximum atomic E-state index is 8.69. The number of hydrogen-bond donors (Lipinski definition) is 1. The molecule has 2 aromatic rings. The number of allylic oxidation sites excluding steroid dienone is 1. The van der Waals surface area contributed by atoms with Gasteiger partial charge in [-0.25, -0.2) is 0 Å². The highest BCUT2D eigenvalue weighted by molar-refractivity contribution is 5.51. The van der Waals surface area contributed by atoms with Crippen LogP contribution in [-0.4, -0.2) is 0 Å². The predicted octanol–water partition coefficient (Wildman–Crippen LogP) is 4.10. The lowest BCUT2D eigenvalue weighted by Gasteiger charge is -2.15. The summed E-state index contributed by atoms with van der Waals surface area (Å²) in [7, 11) is 0. The largest absolute Gasteiger partial charge is 0.486 e. The molecule has 0 aromatic heterocycles. The van der Waals surface area contributed by atoms with E-state index in [1.54, 1.807) is 12.1 Å². The predicted molar refractivity (Wildman–Crippen MR) is 87.5 cm³/mol. The number of anilines is 1. The third kappa shape index (κ3) is 3.33. The first-order valence-corrected chi connectivity index (χ1v) is 7.41. The number of rotatable bonds is 4. The molecule has 1 aliphatic carbocycles. The Hall–Kier alpha value is -3.24. The van der Waals surface area contributed by atoms with Crippen LogP contribution < -0.4 is 10.1 Å². The van der Waals surface area contributed by atoms with Crippen molar-refractivity contribution in [2.24, 2.45) is 0 Å². The zero-order valence-corrected chi connectivity index (χ0v) is 12.5. The molecule has 2 aromatic carbocycles. The number of nitrogens with one attached hydrogen (secondary N) is 1. The highest BCUT2D eigenvalue weighted by Crippen LogP contribution is 2.34. The molecule has 4 nitrogen and oxygen atoms in total. The van der Waals surface area contributed by atoms with Gasteiger partial charge in [-0.3, -0.25) is 0 Å². The number of nitriles is 2. The molecule has 0 saturated carbocycles. The van der Waals surface area contributed by atoms with Crippen LogP contribution in [0.2, 0.25) is 0 Å². The van der Waals surface area contributed by atoms with E-state index in [0.29, 0.717) is 0 Å². The van der Waals surface area contributed by atoms with E-state index in [1.165, 1.54) is 17.3 Å². The highest BCUT2D eigenvalue weighted by atomic mass is 16.5. The molecule has 0 spiro atoms. The van der Waals surface area contributed by atoms with Gasteiger partial charge in [0.05, 0.1) is 0 Å². The number of ether oxygens (including phenoxy) is 1. The van der Waals surface area contributed by atoms with E-state index in [0.717, 1.165) is 24.3 Å².